The largest absolute Gasteiger partial charge is 0.381 e. The lowest BCUT2D eigenvalue weighted by Crippen LogP contribution is -2.27. The minimum absolute atomic E-state index is 0.304. The summed E-state index contributed by atoms with van der Waals surface area (Å²) in [7, 11) is 4.20. The number of nitrogens with one attached hydrogen (secondary N) is 1. The summed E-state index contributed by atoms with van der Waals surface area (Å²) >= 11 is 0. The van der Waals surface area contributed by atoms with Crippen molar-refractivity contribution < 1.29 is 9.47 Å². The Hall–Kier alpha value is -0.950. The number of hydrogen-bond donors (Lipinski definition) is 1. The summed E-state index contributed by atoms with van der Waals surface area (Å²) in [5.74, 6) is 0.527. The van der Waals surface area contributed by atoms with Gasteiger partial charge < -0.3 is 14.8 Å². The van der Waals surface area contributed by atoms with E-state index in [-0.39, 0.29) is 0 Å². The van der Waals surface area contributed by atoms with Crippen LogP contribution in [0.2, 0.25) is 0 Å². The third kappa shape index (κ3) is 5.78. The van der Waals surface area contributed by atoms with E-state index in [9.17, 15) is 0 Å². The van der Waals surface area contributed by atoms with Gasteiger partial charge in [0.25, 0.3) is 0 Å². The van der Waals surface area contributed by atoms with Gasteiger partial charge in [0, 0.05) is 31.8 Å². The van der Waals surface area contributed by atoms with Crippen LogP contribution >= 0.6 is 0 Å². The van der Waals surface area contributed by atoms with E-state index in [2.05, 4.69) is 35.8 Å². The van der Waals surface area contributed by atoms with Gasteiger partial charge in [-0.15, -0.1) is 0 Å². The van der Waals surface area contributed by atoms with Gasteiger partial charge in [-0.1, -0.05) is 26.7 Å². The molecule has 0 aliphatic carbocycles. The van der Waals surface area contributed by atoms with E-state index < -0.39 is 0 Å². The molecule has 0 bridgehead atoms. The maximum absolute atomic E-state index is 6.09. The van der Waals surface area contributed by atoms with Crippen molar-refractivity contribution in [1.29, 1.82) is 0 Å². The predicted molar refractivity (Wildman–Crippen MR) is 113 cm³/mol. The van der Waals surface area contributed by atoms with E-state index in [1.165, 1.54) is 42.6 Å². The standard InChI is InChI=1S/C22H40N4O2/c1-22(2)9-6-5-7-18(8-13-28-17-22)21-19(15-25(4)11-10-23-3)24-26-12-14-27-16-20(21)26/h18,23H,5-17H2,1-4H3/t18-/m1/s1. The Morgan fingerprint density at radius 1 is 1.21 bits per heavy atom. The van der Waals surface area contributed by atoms with Crippen molar-refractivity contribution in [2.24, 2.45) is 5.41 Å². The van der Waals surface area contributed by atoms with E-state index in [1.54, 1.807) is 0 Å². The van der Waals surface area contributed by atoms with Crippen LogP contribution in [0.25, 0.3) is 0 Å². The van der Waals surface area contributed by atoms with Gasteiger partial charge in [0.05, 0.1) is 37.8 Å². The van der Waals surface area contributed by atoms with Crippen molar-refractivity contribution in [3.05, 3.63) is 17.0 Å². The first-order valence-electron chi connectivity index (χ1n) is 11.1. The number of aromatic nitrogens is 2. The van der Waals surface area contributed by atoms with Crippen LogP contribution in [0, 0.1) is 5.41 Å². The van der Waals surface area contributed by atoms with E-state index in [0.717, 1.165) is 52.4 Å². The molecule has 160 valence electrons. The van der Waals surface area contributed by atoms with Crippen molar-refractivity contribution >= 4 is 0 Å². The smallest absolute Gasteiger partial charge is 0.0888 e. The monoisotopic (exact) mass is 392 g/mol. The van der Waals surface area contributed by atoms with Crippen molar-refractivity contribution in [1.82, 2.24) is 20.0 Å². The van der Waals surface area contributed by atoms with Crippen LogP contribution in [0.15, 0.2) is 0 Å². The average Bonchev–Trinajstić information content (AvgIpc) is 3.02. The average molecular weight is 393 g/mol. The van der Waals surface area contributed by atoms with Crippen molar-refractivity contribution in [2.75, 3.05) is 47.0 Å². The molecule has 1 aromatic heterocycles. The van der Waals surface area contributed by atoms with Crippen LogP contribution in [-0.4, -0.2) is 61.7 Å². The van der Waals surface area contributed by atoms with Crippen LogP contribution in [0.1, 0.15) is 68.8 Å². The van der Waals surface area contributed by atoms with Gasteiger partial charge in [0.1, 0.15) is 0 Å². The second kappa shape index (κ2) is 10.2. The van der Waals surface area contributed by atoms with E-state index >= 15 is 0 Å². The number of hydrogen-bond acceptors (Lipinski definition) is 5. The molecule has 1 saturated heterocycles. The molecule has 1 N–H and O–H groups in total. The number of fused-ring (bicyclic) bond motifs is 1. The molecule has 2 aliphatic heterocycles. The molecule has 28 heavy (non-hydrogen) atoms. The number of ether oxygens (including phenoxy) is 2. The first kappa shape index (κ1) is 21.8. The zero-order chi connectivity index (χ0) is 20.0. The highest BCUT2D eigenvalue weighted by Gasteiger charge is 2.28. The minimum atomic E-state index is 0.304. The van der Waals surface area contributed by atoms with Gasteiger partial charge in [0.2, 0.25) is 0 Å². The second-order valence-electron chi connectivity index (χ2n) is 9.37. The highest BCUT2D eigenvalue weighted by atomic mass is 16.5. The quantitative estimate of drug-likeness (QED) is 0.806. The maximum Gasteiger partial charge on any atom is 0.0888 e. The zero-order valence-corrected chi connectivity index (χ0v) is 18.4. The van der Waals surface area contributed by atoms with Crippen LogP contribution < -0.4 is 5.32 Å². The molecular weight excluding hydrogens is 352 g/mol. The summed E-state index contributed by atoms with van der Waals surface area (Å²) < 4.78 is 14.1. The Balaban J connectivity index is 1.78. The van der Waals surface area contributed by atoms with Crippen LogP contribution in [0.3, 0.4) is 0 Å². The van der Waals surface area contributed by atoms with Crippen LogP contribution in [0.5, 0.6) is 0 Å². The summed E-state index contributed by atoms with van der Waals surface area (Å²) in [5, 5.41) is 8.27. The predicted octanol–water partition coefficient (Wildman–Crippen LogP) is 3.16. The molecule has 6 heteroatoms. The van der Waals surface area contributed by atoms with Gasteiger partial charge >= 0.3 is 0 Å². The first-order chi connectivity index (χ1) is 13.5. The van der Waals surface area contributed by atoms with Crippen LogP contribution in [0.4, 0.5) is 0 Å². The Morgan fingerprint density at radius 2 is 2.07 bits per heavy atom. The minimum Gasteiger partial charge on any atom is -0.381 e. The van der Waals surface area contributed by atoms with Gasteiger partial charge in [-0.25, -0.2) is 0 Å². The summed E-state index contributed by atoms with van der Waals surface area (Å²) in [5.41, 5.74) is 4.32. The Morgan fingerprint density at radius 3 is 2.89 bits per heavy atom. The first-order valence-corrected chi connectivity index (χ1v) is 11.1. The molecule has 0 unspecified atom stereocenters. The molecule has 0 aromatic carbocycles. The van der Waals surface area contributed by atoms with Gasteiger partial charge in [-0.2, -0.15) is 5.10 Å². The fourth-order valence-electron chi connectivity index (χ4n) is 4.52. The van der Waals surface area contributed by atoms with E-state index in [0.29, 0.717) is 17.9 Å². The molecule has 0 radical (unpaired) electrons. The Bertz CT molecular complexity index is 600. The molecule has 1 atom stereocenters. The highest BCUT2D eigenvalue weighted by molar-refractivity contribution is 5.31. The lowest BCUT2D eigenvalue weighted by atomic mass is 9.84. The highest BCUT2D eigenvalue weighted by Crippen LogP contribution is 2.35. The molecule has 0 spiro atoms. The molecule has 6 nitrogen and oxygen atoms in total. The molecule has 0 saturated carbocycles. The summed E-state index contributed by atoms with van der Waals surface area (Å²) in [6.45, 7) is 11.6. The van der Waals surface area contributed by atoms with Crippen molar-refractivity contribution in [3.8, 4) is 0 Å². The maximum atomic E-state index is 6.09. The fraction of sp³-hybridized carbons (Fsp3) is 0.864. The zero-order valence-electron chi connectivity index (χ0n) is 18.4. The summed E-state index contributed by atoms with van der Waals surface area (Å²) in [6.07, 6.45) is 6.13. The summed E-state index contributed by atoms with van der Waals surface area (Å²) in [6, 6.07) is 0. The Kier molecular flexibility index (Phi) is 7.92. The van der Waals surface area contributed by atoms with Gasteiger partial charge in [0.15, 0.2) is 0 Å². The fourth-order valence-corrected chi connectivity index (χ4v) is 4.52. The van der Waals surface area contributed by atoms with Crippen molar-refractivity contribution in [3.63, 3.8) is 0 Å². The number of likely N-dealkylation sites (N-methyl/N-ethyl adjacent to an activating group) is 2. The van der Waals surface area contributed by atoms with Gasteiger partial charge in [-0.05, 0) is 44.7 Å². The van der Waals surface area contributed by atoms with E-state index in [1.807, 2.05) is 7.05 Å². The lowest BCUT2D eigenvalue weighted by molar-refractivity contribution is 0.0474. The lowest BCUT2D eigenvalue weighted by Gasteiger charge is -2.28. The van der Waals surface area contributed by atoms with Crippen LogP contribution in [-0.2, 0) is 29.2 Å². The molecule has 3 heterocycles. The van der Waals surface area contributed by atoms with Crippen molar-refractivity contribution in [2.45, 2.75) is 71.6 Å². The third-order valence-corrected chi connectivity index (χ3v) is 6.19. The summed E-state index contributed by atoms with van der Waals surface area (Å²) in [4.78, 5) is 2.37. The Labute approximate surface area is 170 Å². The molecule has 0 amide bonds. The third-order valence-electron chi connectivity index (χ3n) is 6.19. The topological polar surface area (TPSA) is 51.6 Å². The van der Waals surface area contributed by atoms with Gasteiger partial charge in [-0.3, -0.25) is 9.58 Å². The number of nitrogens with zero attached hydrogens (tertiary/aromatic N) is 3. The molecule has 3 rings (SSSR count). The molecule has 1 fully saturated rings. The van der Waals surface area contributed by atoms with E-state index in [4.69, 9.17) is 14.6 Å². The molecular formula is C22H40N4O2. The SMILES string of the molecule is CNCCN(C)Cc1nn2c(c1[C@@H]1CCCCC(C)(C)COCC1)COCC2. The molecule has 1 aromatic rings. The second-order valence-corrected chi connectivity index (χ2v) is 9.37. The molecule has 2 aliphatic rings. The number of rotatable bonds is 6. The normalized spacial score (nSPS) is 23.5.